The van der Waals surface area contributed by atoms with Crippen LogP contribution < -0.4 is 5.32 Å². The normalized spacial score (nSPS) is 17.9. The molecule has 0 aromatic heterocycles. The number of carbonyl (C=O) groups excluding carboxylic acids is 2. The van der Waals surface area contributed by atoms with Crippen LogP contribution in [0.25, 0.3) is 0 Å². The van der Waals surface area contributed by atoms with E-state index in [9.17, 15) is 9.59 Å². The van der Waals surface area contributed by atoms with Crippen molar-refractivity contribution in [3.8, 4) is 0 Å². The fourth-order valence-electron chi connectivity index (χ4n) is 3.91. The largest absolute Gasteiger partial charge is 0.353 e. The number of piperazine rings is 1. The number of carbonyl (C=O) groups is 2. The van der Waals surface area contributed by atoms with Crippen LogP contribution in [0, 0.1) is 0 Å². The highest BCUT2D eigenvalue weighted by atomic mass is 16.2. The maximum absolute atomic E-state index is 12.6. The zero-order valence-electron chi connectivity index (χ0n) is 16.1. The van der Waals surface area contributed by atoms with E-state index in [2.05, 4.69) is 28.4 Å². The number of rotatable bonds is 5. The lowest BCUT2D eigenvalue weighted by Gasteiger charge is -2.34. The van der Waals surface area contributed by atoms with E-state index in [1.165, 1.54) is 30.4 Å². The lowest BCUT2D eigenvalue weighted by molar-refractivity contribution is -0.132. The van der Waals surface area contributed by atoms with E-state index in [0.29, 0.717) is 26.1 Å². The summed E-state index contributed by atoms with van der Waals surface area (Å²) in [6.45, 7) is 7.30. The lowest BCUT2D eigenvalue weighted by Crippen LogP contribution is -2.51. The van der Waals surface area contributed by atoms with Crippen LogP contribution in [0.3, 0.4) is 0 Å². The van der Waals surface area contributed by atoms with E-state index in [-0.39, 0.29) is 17.9 Å². The molecule has 0 unspecified atom stereocenters. The van der Waals surface area contributed by atoms with Crippen molar-refractivity contribution < 1.29 is 9.59 Å². The first-order chi connectivity index (χ1) is 12.5. The monoisotopic (exact) mass is 357 g/mol. The Morgan fingerprint density at radius 2 is 1.73 bits per heavy atom. The molecule has 0 saturated carbocycles. The molecule has 2 aliphatic rings. The minimum absolute atomic E-state index is 0.0637. The number of nitrogens with zero attached hydrogens (tertiary/aromatic N) is 2. The van der Waals surface area contributed by atoms with Crippen molar-refractivity contribution in [3.05, 3.63) is 34.9 Å². The van der Waals surface area contributed by atoms with Crippen molar-refractivity contribution in [2.45, 2.75) is 52.0 Å². The molecule has 1 aliphatic carbocycles. The molecule has 26 heavy (non-hydrogen) atoms. The Labute approximate surface area is 156 Å². The minimum atomic E-state index is 0.0637. The van der Waals surface area contributed by atoms with Gasteiger partial charge in [0.15, 0.2) is 0 Å². The lowest BCUT2D eigenvalue weighted by atomic mass is 9.90. The van der Waals surface area contributed by atoms with Crippen molar-refractivity contribution in [2.75, 3.05) is 32.7 Å². The number of aryl methyl sites for hydroxylation is 2. The van der Waals surface area contributed by atoms with E-state index in [4.69, 9.17) is 0 Å². The molecule has 0 bridgehead atoms. The number of fused-ring (bicyclic) bond motifs is 1. The summed E-state index contributed by atoms with van der Waals surface area (Å²) in [5.74, 6) is 0.265. The highest BCUT2D eigenvalue weighted by Gasteiger charge is 2.23. The molecule has 2 amide bonds. The summed E-state index contributed by atoms with van der Waals surface area (Å²) in [5, 5.41) is 2.92. The van der Waals surface area contributed by atoms with Gasteiger partial charge in [-0.3, -0.25) is 14.5 Å². The Morgan fingerprint density at radius 1 is 1.04 bits per heavy atom. The second-order valence-corrected chi connectivity index (χ2v) is 7.87. The molecule has 1 N–H and O–H groups in total. The number of nitrogens with one attached hydrogen (secondary N) is 1. The zero-order valence-corrected chi connectivity index (χ0v) is 16.1. The van der Waals surface area contributed by atoms with Gasteiger partial charge in [0.05, 0.1) is 13.0 Å². The molecule has 1 saturated heterocycles. The fourth-order valence-corrected chi connectivity index (χ4v) is 3.91. The third-order valence-electron chi connectivity index (χ3n) is 5.31. The molecular weight excluding hydrogens is 326 g/mol. The van der Waals surface area contributed by atoms with Crippen molar-refractivity contribution in [3.63, 3.8) is 0 Å². The van der Waals surface area contributed by atoms with Gasteiger partial charge in [0.25, 0.3) is 0 Å². The smallest absolute Gasteiger partial charge is 0.234 e. The fraction of sp³-hybridized carbons (Fsp3) is 0.619. The number of amides is 2. The number of benzene rings is 1. The topological polar surface area (TPSA) is 52.7 Å². The van der Waals surface area contributed by atoms with Gasteiger partial charge < -0.3 is 10.2 Å². The van der Waals surface area contributed by atoms with Gasteiger partial charge in [-0.2, -0.15) is 0 Å². The Balaban J connectivity index is 1.47. The molecule has 0 spiro atoms. The molecule has 0 radical (unpaired) electrons. The summed E-state index contributed by atoms with van der Waals surface area (Å²) in [4.78, 5) is 28.6. The quantitative estimate of drug-likeness (QED) is 0.874. The van der Waals surface area contributed by atoms with Gasteiger partial charge in [-0.25, -0.2) is 0 Å². The Kier molecular flexibility index (Phi) is 6.30. The molecule has 1 aromatic carbocycles. The maximum Gasteiger partial charge on any atom is 0.234 e. The van der Waals surface area contributed by atoms with Crippen LogP contribution in [-0.4, -0.2) is 60.4 Å². The minimum Gasteiger partial charge on any atom is -0.353 e. The Morgan fingerprint density at radius 3 is 2.42 bits per heavy atom. The second-order valence-electron chi connectivity index (χ2n) is 7.87. The number of hydrogen-bond donors (Lipinski definition) is 1. The molecule has 0 atom stereocenters. The number of hydrogen-bond acceptors (Lipinski definition) is 3. The van der Waals surface area contributed by atoms with E-state index in [1.807, 2.05) is 18.7 Å². The van der Waals surface area contributed by atoms with Crippen LogP contribution in [-0.2, 0) is 28.9 Å². The predicted molar refractivity (Wildman–Crippen MR) is 103 cm³/mol. The Bertz CT molecular complexity index is 649. The van der Waals surface area contributed by atoms with Crippen LogP contribution in [0.15, 0.2) is 18.2 Å². The third-order valence-corrected chi connectivity index (χ3v) is 5.31. The molecule has 1 heterocycles. The summed E-state index contributed by atoms with van der Waals surface area (Å²) >= 11 is 0. The average Bonchev–Trinajstić information content (AvgIpc) is 2.61. The summed E-state index contributed by atoms with van der Waals surface area (Å²) in [6.07, 6.45) is 5.35. The van der Waals surface area contributed by atoms with Crippen molar-refractivity contribution in [1.29, 1.82) is 0 Å². The van der Waals surface area contributed by atoms with Gasteiger partial charge in [0.2, 0.25) is 11.8 Å². The van der Waals surface area contributed by atoms with Crippen LogP contribution >= 0.6 is 0 Å². The third kappa shape index (κ3) is 5.07. The van der Waals surface area contributed by atoms with Gasteiger partial charge in [-0.1, -0.05) is 18.2 Å². The molecule has 1 aromatic rings. The highest BCUT2D eigenvalue weighted by Crippen LogP contribution is 2.22. The van der Waals surface area contributed by atoms with E-state index < -0.39 is 0 Å². The Hall–Kier alpha value is -1.88. The summed E-state index contributed by atoms with van der Waals surface area (Å²) in [5.41, 5.74) is 4.03. The van der Waals surface area contributed by atoms with Crippen LogP contribution in [0.4, 0.5) is 0 Å². The maximum atomic E-state index is 12.6. The molecule has 3 rings (SSSR count). The zero-order chi connectivity index (χ0) is 18.5. The van der Waals surface area contributed by atoms with Crippen LogP contribution in [0.2, 0.25) is 0 Å². The summed E-state index contributed by atoms with van der Waals surface area (Å²) in [6, 6.07) is 6.73. The molecule has 142 valence electrons. The van der Waals surface area contributed by atoms with Crippen molar-refractivity contribution >= 4 is 11.8 Å². The molecule has 5 heteroatoms. The van der Waals surface area contributed by atoms with Gasteiger partial charge in [-0.15, -0.1) is 0 Å². The van der Waals surface area contributed by atoms with E-state index in [0.717, 1.165) is 25.1 Å². The summed E-state index contributed by atoms with van der Waals surface area (Å²) < 4.78 is 0. The van der Waals surface area contributed by atoms with Crippen LogP contribution in [0.1, 0.15) is 43.4 Å². The molecular formula is C21H31N3O2. The highest BCUT2D eigenvalue weighted by molar-refractivity contribution is 5.79. The molecule has 5 nitrogen and oxygen atoms in total. The molecule has 1 aliphatic heterocycles. The first-order valence-corrected chi connectivity index (χ1v) is 9.91. The summed E-state index contributed by atoms with van der Waals surface area (Å²) in [7, 11) is 0. The SMILES string of the molecule is CC(C)NC(=O)CN1CCN(C(=O)Cc2ccc3c(c2)CCCC3)CC1. The van der Waals surface area contributed by atoms with Crippen molar-refractivity contribution in [1.82, 2.24) is 15.1 Å². The van der Waals surface area contributed by atoms with Gasteiger partial charge in [0.1, 0.15) is 0 Å². The molecule has 1 fully saturated rings. The van der Waals surface area contributed by atoms with Gasteiger partial charge in [-0.05, 0) is 56.2 Å². The predicted octanol–water partition coefficient (Wildman–Crippen LogP) is 1.78. The van der Waals surface area contributed by atoms with Gasteiger partial charge in [0, 0.05) is 32.2 Å². The van der Waals surface area contributed by atoms with E-state index in [1.54, 1.807) is 0 Å². The average molecular weight is 357 g/mol. The van der Waals surface area contributed by atoms with E-state index >= 15 is 0 Å². The first-order valence-electron chi connectivity index (χ1n) is 9.91. The van der Waals surface area contributed by atoms with Gasteiger partial charge >= 0.3 is 0 Å². The first kappa shape index (κ1) is 18.9. The van der Waals surface area contributed by atoms with Crippen molar-refractivity contribution in [2.24, 2.45) is 0 Å². The second kappa shape index (κ2) is 8.67. The van der Waals surface area contributed by atoms with Crippen LogP contribution in [0.5, 0.6) is 0 Å². The standard InChI is InChI=1S/C21H31N3O2/c1-16(2)22-20(25)15-23-9-11-24(12-10-23)21(26)14-17-7-8-18-5-3-4-6-19(18)13-17/h7-8,13,16H,3-6,9-12,14-15H2,1-2H3,(H,22,25).